The van der Waals surface area contributed by atoms with Gasteiger partial charge in [0, 0.05) is 19.4 Å². The third kappa shape index (κ3) is 8.80. The molecule has 1 aliphatic heterocycles. The van der Waals surface area contributed by atoms with E-state index in [2.05, 4.69) is 6.92 Å². The van der Waals surface area contributed by atoms with Gasteiger partial charge in [-0.05, 0) is 19.3 Å². The molecule has 1 fully saturated rings. The van der Waals surface area contributed by atoms with Crippen molar-refractivity contribution in [2.45, 2.75) is 70.4 Å². The summed E-state index contributed by atoms with van der Waals surface area (Å²) in [4.78, 5) is 24.0. The average Bonchev–Trinajstić information content (AvgIpc) is 2.91. The zero-order chi connectivity index (χ0) is 19.6. The predicted octanol–water partition coefficient (Wildman–Crippen LogP) is 1.75. The number of rotatable bonds is 13. The molecule has 0 saturated carbocycles. The molecular formula is C18H31NO6S. The minimum Gasteiger partial charge on any atom is -0.481 e. The summed E-state index contributed by atoms with van der Waals surface area (Å²) >= 11 is 0. The largest absolute Gasteiger partial charge is 0.481 e. The van der Waals surface area contributed by atoms with Crippen molar-refractivity contribution in [1.29, 1.82) is 0 Å². The van der Waals surface area contributed by atoms with Gasteiger partial charge in [-0.2, -0.15) is 0 Å². The molecule has 1 rings (SSSR count). The average molecular weight is 390 g/mol. The molecule has 2 N–H and O–H groups in total. The highest BCUT2D eigenvalue weighted by atomic mass is 32.2. The van der Waals surface area contributed by atoms with Crippen LogP contribution < -0.4 is 0 Å². The number of nitrogens with zero attached hydrogens (tertiary/aromatic N) is 1. The van der Waals surface area contributed by atoms with Gasteiger partial charge in [0.2, 0.25) is 5.91 Å². The lowest BCUT2D eigenvalue weighted by Gasteiger charge is -2.22. The Labute approximate surface area is 156 Å². The quantitative estimate of drug-likeness (QED) is 0.367. The molecule has 2 atom stereocenters. The van der Waals surface area contributed by atoms with E-state index >= 15 is 0 Å². The molecular weight excluding hydrogens is 358 g/mol. The van der Waals surface area contributed by atoms with Gasteiger partial charge < -0.3 is 15.1 Å². The molecule has 0 unspecified atom stereocenters. The zero-order valence-electron chi connectivity index (χ0n) is 15.5. The lowest BCUT2D eigenvalue weighted by molar-refractivity contribution is -0.137. The highest BCUT2D eigenvalue weighted by Gasteiger charge is 2.30. The Morgan fingerprint density at radius 2 is 2.04 bits per heavy atom. The molecule has 1 aliphatic rings. The van der Waals surface area contributed by atoms with Crippen LogP contribution in [0.15, 0.2) is 12.2 Å². The van der Waals surface area contributed by atoms with Crippen molar-refractivity contribution in [3.63, 3.8) is 0 Å². The van der Waals surface area contributed by atoms with Crippen LogP contribution in [-0.2, 0) is 19.4 Å². The fourth-order valence-electron chi connectivity index (χ4n) is 2.99. The number of carboxylic acids is 1. The first-order valence-corrected chi connectivity index (χ1v) is 11.2. The Morgan fingerprint density at radius 3 is 2.69 bits per heavy atom. The number of likely N-dealkylation sites (tertiary alicyclic amines) is 1. The second-order valence-corrected chi connectivity index (χ2v) is 9.09. The normalized spacial score (nSPS) is 19.4. The molecule has 0 radical (unpaired) electrons. The van der Waals surface area contributed by atoms with Gasteiger partial charge in [0.1, 0.15) is 0 Å². The Balaban J connectivity index is 2.50. The number of aliphatic hydroxyl groups excluding tert-OH is 1. The minimum absolute atomic E-state index is 0.0822. The van der Waals surface area contributed by atoms with Crippen LogP contribution in [0.2, 0.25) is 0 Å². The number of unbranched alkanes of at least 4 members (excludes halogenated alkanes) is 2. The van der Waals surface area contributed by atoms with Gasteiger partial charge in [-0.15, -0.1) is 0 Å². The molecule has 150 valence electrons. The summed E-state index contributed by atoms with van der Waals surface area (Å²) in [6.45, 7) is 2.20. The van der Waals surface area contributed by atoms with Gasteiger partial charge in [-0.3, -0.25) is 9.59 Å². The van der Waals surface area contributed by atoms with E-state index in [1.807, 2.05) is 0 Å². The van der Waals surface area contributed by atoms with E-state index in [0.717, 1.165) is 19.3 Å². The fraction of sp³-hybridized carbons (Fsp3) is 0.778. The predicted molar refractivity (Wildman–Crippen MR) is 99.5 cm³/mol. The number of sulfone groups is 1. The smallest absolute Gasteiger partial charge is 0.303 e. The summed E-state index contributed by atoms with van der Waals surface area (Å²) < 4.78 is 24.0. The standard InChI is InChI=1S/C18H31NO6S/c1-2-3-4-6-16(20)10-8-15-9-11-17(21)19(15)12-14-26(24,25)13-5-7-18(22)23/h8,10,15-16,20H,2-7,9,11-14H2,1H3,(H,22,23)/t15-,16-/m0/s1. The molecule has 0 aromatic heterocycles. The summed E-state index contributed by atoms with van der Waals surface area (Å²) in [6, 6.07) is -0.183. The van der Waals surface area contributed by atoms with Gasteiger partial charge in [0.15, 0.2) is 9.84 Å². The number of aliphatic hydroxyl groups is 1. The summed E-state index contributed by atoms with van der Waals surface area (Å²) in [5.74, 6) is -1.45. The molecule has 7 nitrogen and oxygen atoms in total. The molecule has 26 heavy (non-hydrogen) atoms. The van der Waals surface area contributed by atoms with Crippen LogP contribution >= 0.6 is 0 Å². The molecule has 1 saturated heterocycles. The van der Waals surface area contributed by atoms with Crippen LogP contribution in [0.4, 0.5) is 0 Å². The molecule has 1 heterocycles. The number of amides is 1. The maximum atomic E-state index is 12.0. The van der Waals surface area contributed by atoms with E-state index in [1.165, 1.54) is 0 Å². The van der Waals surface area contributed by atoms with E-state index in [9.17, 15) is 23.1 Å². The van der Waals surface area contributed by atoms with Crippen molar-refractivity contribution in [2.75, 3.05) is 18.1 Å². The molecule has 0 aromatic rings. The van der Waals surface area contributed by atoms with Gasteiger partial charge >= 0.3 is 5.97 Å². The third-order valence-corrected chi connectivity index (χ3v) is 6.24. The second kappa shape index (κ2) is 11.3. The van der Waals surface area contributed by atoms with E-state index in [4.69, 9.17) is 5.11 Å². The maximum Gasteiger partial charge on any atom is 0.303 e. The van der Waals surface area contributed by atoms with Crippen molar-refractivity contribution in [1.82, 2.24) is 4.90 Å². The number of carboxylic acid groups (broad SMARTS) is 1. The van der Waals surface area contributed by atoms with Crippen molar-refractivity contribution < 1.29 is 28.2 Å². The Hall–Kier alpha value is -1.41. The highest BCUT2D eigenvalue weighted by molar-refractivity contribution is 7.91. The summed E-state index contributed by atoms with van der Waals surface area (Å²) in [5, 5.41) is 18.5. The molecule has 1 amide bonds. The van der Waals surface area contributed by atoms with Crippen LogP contribution in [0.25, 0.3) is 0 Å². The minimum atomic E-state index is -3.39. The Kier molecular flexibility index (Phi) is 9.87. The number of aliphatic carboxylic acids is 1. The molecule has 0 aromatic carbocycles. The first-order valence-electron chi connectivity index (χ1n) is 9.33. The van der Waals surface area contributed by atoms with Crippen molar-refractivity contribution in [3.05, 3.63) is 12.2 Å². The third-order valence-electron chi connectivity index (χ3n) is 4.52. The van der Waals surface area contributed by atoms with Gasteiger partial charge in [0.25, 0.3) is 0 Å². The Morgan fingerprint density at radius 1 is 1.31 bits per heavy atom. The van der Waals surface area contributed by atoms with E-state index < -0.39 is 21.9 Å². The molecule has 8 heteroatoms. The van der Waals surface area contributed by atoms with Gasteiger partial charge in [-0.1, -0.05) is 38.3 Å². The summed E-state index contributed by atoms with van der Waals surface area (Å²) in [7, 11) is -3.39. The second-order valence-electron chi connectivity index (χ2n) is 6.79. The Bertz CT molecular complexity index is 586. The van der Waals surface area contributed by atoms with E-state index in [1.54, 1.807) is 17.1 Å². The van der Waals surface area contributed by atoms with Crippen LogP contribution in [0.1, 0.15) is 58.3 Å². The molecule has 0 aliphatic carbocycles. The lowest BCUT2D eigenvalue weighted by atomic mass is 10.1. The molecule has 0 bridgehead atoms. The topological polar surface area (TPSA) is 112 Å². The maximum absolute atomic E-state index is 12.0. The molecule has 0 spiro atoms. The highest BCUT2D eigenvalue weighted by Crippen LogP contribution is 2.20. The van der Waals surface area contributed by atoms with Crippen LogP contribution in [0, 0.1) is 0 Å². The summed E-state index contributed by atoms with van der Waals surface area (Å²) in [6.07, 6.45) is 7.65. The van der Waals surface area contributed by atoms with Crippen molar-refractivity contribution in [2.24, 2.45) is 0 Å². The monoisotopic (exact) mass is 389 g/mol. The van der Waals surface area contributed by atoms with Gasteiger partial charge in [0.05, 0.1) is 23.7 Å². The van der Waals surface area contributed by atoms with E-state index in [0.29, 0.717) is 19.3 Å². The zero-order valence-corrected chi connectivity index (χ0v) is 16.3. The van der Waals surface area contributed by atoms with Gasteiger partial charge in [-0.25, -0.2) is 8.42 Å². The number of hydrogen-bond donors (Lipinski definition) is 2. The first-order chi connectivity index (χ1) is 12.2. The van der Waals surface area contributed by atoms with Crippen LogP contribution in [0.5, 0.6) is 0 Å². The van der Waals surface area contributed by atoms with Crippen LogP contribution in [-0.4, -0.2) is 65.6 Å². The number of hydrogen-bond acceptors (Lipinski definition) is 5. The first kappa shape index (κ1) is 22.6. The van der Waals surface area contributed by atoms with E-state index in [-0.39, 0.29) is 42.8 Å². The van der Waals surface area contributed by atoms with Crippen molar-refractivity contribution in [3.8, 4) is 0 Å². The number of carbonyl (C=O) groups is 2. The van der Waals surface area contributed by atoms with Crippen LogP contribution in [0.3, 0.4) is 0 Å². The summed E-state index contributed by atoms with van der Waals surface area (Å²) in [5.41, 5.74) is 0. The lowest BCUT2D eigenvalue weighted by Crippen LogP contribution is -2.36. The fourth-order valence-corrected chi connectivity index (χ4v) is 4.25. The number of carbonyl (C=O) groups excluding carboxylic acids is 1. The van der Waals surface area contributed by atoms with Crippen molar-refractivity contribution >= 4 is 21.7 Å². The SMILES string of the molecule is CCCCC[C@H](O)C=C[C@H]1CCC(=O)N1CCS(=O)(=O)CCCC(=O)O.